The molecule has 1 N–H and O–H groups in total. The fraction of sp³-hybridized carbons (Fsp3) is 0.583. The fourth-order valence-corrected chi connectivity index (χ4v) is 3.10. The van der Waals surface area contributed by atoms with Gasteiger partial charge >= 0.3 is 0 Å². The van der Waals surface area contributed by atoms with Gasteiger partial charge in [0.25, 0.3) is 5.69 Å². The number of pyridine rings is 1. The van der Waals surface area contributed by atoms with Crippen LogP contribution in [0.1, 0.15) is 12.8 Å². The van der Waals surface area contributed by atoms with Crippen molar-refractivity contribution in [3.63, 3.8) is 0 Å². The Bertz CT molecular complexity index is 462. The van der Waals surface area contributed by atoms with Crippen molar-refractivity contribution >= 4 is 11.5 Å². The topological polar surface area (TPSA) is 79.5 Å². The first kappa shape index (κ1) is 11.4. The van der Waals surface area contributed by atoms with Crippen LogP contribution < -0.4 is 4.90 Å². The number of anilines is 1. The second-order valence-corrected chi connectivity index (χ2v) is 5.11. The van der Waals surface area contributed by atoms with Gasteiger partial charge in [0.1, 0.15) is 12.0 Å². The summed E-state index contributed by atoms with van der Waals surface area (Å²) in [5.41, 5.74) is 0.0122. The van der Waals surface area contributed by atoms with Gasteiger partial charge in [0.2, 0.25) is 0 Å². The quantitative estimate of drug-likeness (QED) is 0.629. The number of fused-ring (bicyclic) bond motifs is 1. The maximum Gasteiger partial charge on any atom is 0.287 e. The predicted octanol–water partition coefficient (Wildman–Crippen LogP) is 1.20. The second-order valence-electron chi connectivity index (χ2n) is 5.11. The molecule has 1 aromatic heterocycles. The van der Waals surface area contributed by atoms with Gasteiger partial charge in [-0.3, -0.25) is 10.1 Å². The van der Waals surface area contributed by atoms with Gasteiger partial charge in [-0.05, 0) is 24.8 Å². The van der Waals surface area contributed by atoms with E-state index in [2.05, 4.69) is 9.88 Å². The lowest BCUT2D eigenvalue weighted by atomic mass is 10.00. The standard InChI is InChI=1S/C12H15N3O3/c16-11-3-1-8-6-14(7-10(8)11)12-4-2-9(5-13-12)15(17)18/h2,4-5,8,10-11,16H,1,3,6-7H2. The highest BCUT2D eigenvalue weighted by atomic mass is 16.6. The smallest absolute Gasteiger partial charge is 0.287 e. The average molecular weight is 249 g/mol. The Morgan fingerprint density at radius 3 is 2.83 bits per heavy atom. The molecular weight excluding hydrogens is 234 g/mol. The summed E-state index contributed by atoms with van der Waals surface area (Å²) < 4.78 is 0. The third-order valence-electron chi connectivity index (χ3n) is 4.09. The molecule has 3 atom stereocenters. The number of aromatic nitrogens is 1. The molecule has 0 amide bonds. The van der Waals surface area contributed by atoms with E-state index in [1.54, 1.807) is 6.07 Å². The summed E-state index contributed by atoms with van der Waals surface area (Å²) in [6.45, 7) is 1.70. The molecule has 1 aliphatic heterocycles. The number of hydrogen-bond donors (Lipinski definition) is 1. The van der Waals surface area contributed by atoms with Crippen molar-refractivity contribution in [2.45, 2.75) is 18.9 Å². The van der Waals surface area contributed by atoms with Crippen LogP contribution >= 0.6 is 0 Å². The molecule has 0 aromatic carbocycles. The van der Waals surface area contributed by atoms with E-state index < -0.39 is 4.92 Å². The Morgan fingerprint density at radius 1 is 1.39 bits per heavy atom. The minimum Gasteiger partial charge on any atom is -0.393 e. The van der Waals surface area contributed by atoms with Crippen LogP contribution in [0.2, 0.25) is 0 Å². The van der Waals surface area contributed by atoms with Crippen LogP contribution in [-0.4, -0.2) is 34.2 Å². The molecular formula is C12H15N3O3. The van der Waals surface area contributed by atoms with E-state index in [0.717, 1.165) is 31.7 Å². The van der Waals surface area contributed by atoms with E-state index in [9.17, 15) is 15.2 Å². The molecule has 96 valence electrons. The second kappa shape index (κ2) is 4.20. The molecule has 3 unspecified atom stereocenters. The largest absolute Gasteiger partial charge is 0.393 e. The Hall–Kier alpha value is -1.69. The number of nitrogens with zero attached hydrogens (tertiary/aromatic N) is 3. The highest BCUT2D eigenvalue weighted by molar-refractivity contribution is 5.44. The Labute approximate surface area is 104 Å². The van der Waals surface area contributed by atoms with Crippen molar-refractivity contribution in [3.8, 4) is 0 Å². The molecule has 3 rings (SSSR count). The fourth-order valence-electron chi connectivity index (χ4n) is 3.10. The number of hydrogen-bond acceptors (Lipinski definition) is 5. The summed E-state index contributed by atoms with van der Waals surface area (Å²) in [7, 11) is 0. The minimum atomic E-state index is -0.445. The molecule has 0 bridgehead atoms. The minimum absolute atomic E-state index is 0.0122. The van der Waals surface area contributed by atoms with Gasteiger partial charge in [-0.2, -0.15) is 0 Å². The first-order valence-corrected chi connectivity index (χ1v) is 6.18. The lowest BCUT2D eigenvalue weighted by molar-refractivity contribution is -0.385. The summed E-state index contributed by atoms with van der Waals surface area (Å²) in [6.07, 6.45) is 3.06. The summed E-state index contributed by atoms with van der Waals surface area (Å²) in [5, 5.41) is 20.4. The lowest BCUT2D eigenvalue weighted by Crippen LogP contribution is -2.25. The van der Waals surface area contributed by atoms with Gasteiger partial charge in [0.05, 0.1) is 11.0 Å². The van der Waals surface area contributed by atoms with Crippen LogP contribution in [0.15, 0.2) is 18.3 Å². The van der Waals surface area contributed by atoms with Crippen LogP contribution in [0.25, 0.3) is 0 Å². The normalized spacial score (nSPS) is 30.5. The van der Waals surface area contributed by atoms with E-state index in [4.69, 9.17) is 0 Å². The summed E-state index contributed by atoms with van der Waals surface area (Å²) in [4.78, 5) is 16.4. The Morgan fingerprint density at radius 2 is 2.22 bits per heavy atom. The number of rotatable bonds is 2. The van der Waals surface area contributed by atoms with Gasteiger partial charge in [0, 0.05) is 25.1 Å². The van der Waals surface area contributed by atoms with Crippen molar-refractivity contribution in [1.29, 1.82) is 0 Å². The predicted molar refractivity (Wildman–Crippen MR) is 65.3 cm³/mol. The van der Waals surface area contributed by atoms with E-state index in [-0.39, 0.29) is 11.8 Å². The molecule has 2 fully saturated rings. The molecule has 2 heterocycles. The van der Waals surface area contributed by atoms with Crippen LogP contribution in [-0.2, 0) is 0 Å². The van der Waals surface area contributed by atoms with Crippen molar-refractivity contribution in [1.82, 2.24) is 4.98 Å². The van der Waals surface area contributed by atoms with Crippen LogP contribution in [0, 0.1) is 22.0 Å². The van der Waals surface area contributed by atoms with Crippen molar-refractivity contribution in [3.05, 3.63) is 28.4 Å². The van der Waals surface area contributed by atoms with Crippen LogP contribution in [0.5, 0.6) is 0 Å². The Kier molecular flexibility index (Phi) is 2.66. The van der Waals surface area contributed by atoms with Crippen molar-refractivity contribution < 1.29 is 10.0 Å². The zero-order valence-corrected chi connectivity index (χ0v) is 9.90. The average Bonchev–Trinajstić information content (AvgIpc) is 2.92. The van der Waals surface area contributed by atoms with Gasteiger partial charge in [-0.1, -0.05) is 0 Å². The van der Waals surface area contributed by atoms with Gasteiger partial charge in [0.15, 0.2) is 0 Å². The van der Waals surface area contributed by atoms with Gasteiger partial charge < -0.3 is 10.0 Å². The highest BCUT2D eigenvalue weighted by Gasteiger charge is 2.42. The Balaban J connectivity index is 1.75. The number of aliphatic hydroxyl groups is 1. The monoisotopic (exact) mass is 249 g/mol. The third kappa shape index (κ3) is 1.82. The van der Waals surface area contributed by atoms with E-state index in [1.165, 1.54) is 12.3 Å². The molecule has 0 radical (unpaired) electrons. The van der Waals surface area contributed by atoms with E-state index in [0.29, 0.717) is 11.8 Å². The molecule has 1 saturated heterocycles. The maximum atomic E-state index is 10.6. The summed E-state index contributed by atoms with van der Waals surface area (Å²) in [6, 6.07) is 3.17. The number of nitro groups is 1. The maximum absolute atomic E-state index is 10.6. The molecule has 6 nitrogen and oxygen atoms in total. The molecule has 0 spiro atoms. The van der Waals surface area contributed by atoms with Gasteiger partial charge in [-0.15, -0.1) is 0 Å². The molecule has 1 aromatic rings. The van der Waals surface area contributed by atoms with Crippen molar-refractivity contribution in [2.75, 3.05) is 18.0 Å². The first-order chi connectivity index (χ1) is 8.65. The van der Waals surface area contributed by atoms with Crippen molar-refractivity contribution in [2.24, 2.45) is 11.8 Å². The molecule has 1 saturated carbocycles. The first-order valence-electron chi connectivity index (χ1n) is 6.18. The summed E-state index contributed by atoms with van der Waals surface area (Å²) >= 11 is 0. The van der Waals surface area contributed by atoms with Crippen LogP contribution in [0.4, 0.5) is 11.5 Å². The van der Waals surface area contributed by atoms with Gasteiger partial charge in [-0.25, -0.2) is 4.98 Å². The zero-order valence-electron chi connectivity index (χ0n) is 9.90. The lowest BCUT2D eigenvalue weighted by Gasteiger charge is -2.18. The third-order valence-corrected chi connectivity index (χ3v) is 4.09. The van der Waals surface area contributed by atoms with Crippen LogP contribution in [0.3, 0.4) is 0 Å². The molecule has 1 aliphatic carbocycles. The molecule has 6 heteroatoms. The molecule has 2 aliphatic rings. The highest BCUT2D eigenvalue weighted by Crippen LogP contribution is 2.39. The number of aliphatic hydroxyl groups excluding tert-OH is 1. The van der Waals surface area contributed by atoms with E-state index >= 15 is 0 Å². The summed E-state index contributed by atoms with van der Waals surface area (Å²) in [5.74, 6) is 1.64. The van der Waals surface area contributed by atoms with E-state index in [1.807, 2.05) is 0 Å². The zero-order chi connectivity index (χ0) is 12.7. The molecule has 18 heavy (non-hydrogen) atoms. The SMILES string of the molecule is O=[N+]([O-])c1ccc(N2CC3CCC(O)C3C2)nc1.